The van der Waals surface area contributed by atoms with E-state index in [0.717, 1.165) is 6.26 Å². The molecule has 0 bridgehead atoms. The Bertz CT molecular complexity index is 951. The Morgan fingerprint density at radius 1 is 1.26 bits per heavy atom. The number of hydrogen-bond donors (Lipinski definition) is 2. The lowest BCUT2D eigenvalue weighted by Crippen LogP contribution is -2.51. The second-order valence-electron chi connectivity index (χ2n) is 6.48. The van der Waals surface area contributed by atoms with Crippen molar-refractivity contribution in [3.8, 4) is 0 Å². The normalized spacial score (nSPS) is 28.3. The predicted molar refractivity (Wildman–Crippen MR) is 106 cm³/mol. The van der Waals surface area contributed by atoms with Crippen molar-refractivity contribution in [3.63, 3.8) is 0 Å². The van der Waals surface area contributed by atoms with Gasteiger partial charge < -0.3 is 15.4 Å². The summed E-state index contributed by atoms with van der Waals surface area (Å²) in [7, 11) is -3.30. The number of morpholine rings is 1. The zero-order valence-electron chi connectivity index (χ0n) is 14.7. The first-order valence-electron chi connectivity index (χ1n) is 8.39. The first-order chi connectivity index (χ1) is 12.8. The Morgan fingerprint density at radius 3 is 2.56 bits per heavy atom. The second-order valence-corrected chi connectivity index (χ2v) is 9.60. The average Bonchev–Trinajstić information content (AvgIpc) is 3.03. The van der Waals surface area contributed by atoms with Crippen molar-refractivity contribution in [2.45, 2.75) is 16.1 Å². The molecule has 11 heteroatoms. The molecule has 1 saturated heterocycles. The van der Waals surface area contributed by atoms with E-state index in [9.17, 15) is 8.42 Å². The van der Waals surface area contributed by atoms with Crippen LogP contribution in [0.25, 0.3) is 0 Å². The van der Waals surface area contributed by atoms with Gasteiger partial charge in [-0.05, 0) is 12.1 Å². The van der Waals surface area contributed by atoms with E-state index < -0.39 is 21.0 Å². The lowest BCUT2D eigenvalue weighted by molar-refractivity contribution is 0.0672. The van der Waals surface area contributed by atoms with Crippen LogP contribution in [-0.2, 0) is 20.2 Å². The van der Waals surface area contributed by atoms with Crippen molar-refractivity contribution in [3.05, 3.63) is 29.8 Å². The van der Waals surface area contributed by atoms with Crippen LogP contribution < -0.4 is 11.5 Å². The molecule has 0 aromatic heterocycles. The highest BCUT2D eigenvalue weighted by atomic mass is 32.2. The number of benzene rings is 1. The van der Waals surface area contributed by atoms with Gasteiger partial charge >= 0.3 is 0 Å². The highest BCUT2D eigenvalue weighted by Gasteiger charge is 2.44. The molecule has 3 aliphatic rings. The van der Waals surface area contributed by atoms with Gasteiger partial charge in [-0.2, -0.15) is 0 Å². The number of ether oxygens (including phenoxy) is 1. The fourth-order valence-corrected chi connectivity index (χ4v) is 4.58. The fourth-order valence-electron chi connectivity index (χ4n) is 3.11. The number of guanidine groups is 1. The summed E-state index contributed by atoms with van der Waals surface area (Å²) in [6, 6.07) is 6.38. The van der Waals surface area contributed by atoms with Gasteiger partial charge in [0.2, 0.25) is 5.96 Å². The van der Waals surface area contributed by atoms with Crippen LogP contribution in [0.4, 0.5) is 0 Å². The molecule has 4 N–H and O–H groups in total. The van der Waals surface area contributed by atoms with Gasteiger partial charge in [0, 0.05) is 24.9 Å². The smallest absolute Gasteiger partial charge is 0.224 e. The maximum Gasteiger partial charge on any atom is 0.224 e. The monoisotopic (exact) mass is 408 g/mol. The lowest BCUT2D eigenvalue weighted by atomic mass is 9.95. The van der Waals surface area contributed by atoms with Crippen molar-refractivity contribution in [2.75, 3.05) is 32.6 Å². The molecule has 3 heterocycles. The van der Waals surface area contributed by atoms with Gasteiger partial charge in [-0.25, -0.2) is 18.4 Å². The second kappa shape index (κ2) is 6.67. The van der Waals surface area contributed by atoms with Crippen LogP contribution >= 0.6 is 11.8 Å². The van der Waals surface area contributed by atoms with Gasteiger partial charge in [-0.1, -0.05) is 23.9 Å². The van der Waals surface area contributed by atoms with Gasteiger partial charge in [0.05, 0.1) is 18.1 Å². The van der Waals surface area contributed by atoms with Gasteiger partial charge in [0.25, 0.3) is 0 Å². The average molecular weight is 409 g/mol. The van der Waals surface area contributed by atoms with E-state index >= 15 is 0 Å². The minimum atomic E-state index is -3.30. The molecular weight excluding hydrogens is 388 g/mol. The van der Waals surface area contributed by atoms with Crippen molar-refractivity contribution in [2.24, 2.45) is 26.4 Å². The molecule has 2 unspecified atom stereocenters. The van der Waals surface area contributed by atoms with Crippen LogP contribution in [0.15, 0.2) is 44.1 Å². The largest absolute Gasteiger partial charge is 0.378 e. The minimum Gasteiger partial charge on any atom is -0.378 e. The number of thioether (sulfide) groups is 1. The Balaban J connectivity index is 1.78. The quantitative estimate of drug-likeness (QED) is 0.687. The Labute approximate surface area is 161 Å². The van der Waals surface area contributed by atoms with Gasteiger partial charge in [0.15, 0.2) is 21.0 Å². The summed E-state index contributed by atoms with van der Waals surface area (Å²) >= 11 is 1.33. The molecular formula is C16H20N6O3S2. The standard InChI is InChI=1S/C16H20N6O3S2/c1-27(23,24)11-4-2-10(3-5-11)16(18)12-13(26-14(17)19-12)20-15(21-16)22-6-8-25-9-7-22/h2-5,14H,6-9,17-18H2,1H3. The maximum absolute atomic E-state index is 11.7. The highest BCUT2D eigenvalue weighted by Crippen LogP contribution is 2.35. The van der Waals surface area contributed by atoms with E-state index in [0.29, 0.717) is 48.6 Å². The summed E-state index contributed by atoms with van der Waals surface area (Å²) in [4.78, 5) is 16.0. The van der Waals surface area contributed by atoms with Crippen LogP contribution in [-0.4, -0.2) is 68.1 Å². The lowest BCUT2D eigenvalue weighted by Gasteiger charge is -2.34. The number of hydrogen-bond acceptors (Lipinski definition) is 10. The predicted octanol–water partition coefficient (Wildman–Crippen LogP) is -0.268. The molecule has 3 aliphatic heterocycles. The van der Waals surface area contributed by atoms with Gasteiger partial charge in [0.1, 0.15) is 10.8 Å². The molecule has 1 aromatic rings. The summed E-state index contributed by atoms with van der Waals surface area (Å²) < 4.78 is 28.9. The van der Waals surface area contributed by atoms with E-state index in [1.165, 1.54) is 23.9 Å². The number of aliphatic imine (C=N–C) groups is 3. The third kappa shape index (κ3) is 3.41. The first-order valence-corrected chi connectivity index (χ1v) is 11.2. The van der Waals surface area contributed by atoms with E-state index in [1.807, 2.05) is 4.90 Å². The van der Waals surface area contributed by atoms with E-state index in [1.54, 1.807) is 12.1 Å². The van der Waals surface area contributed by atoms with Crippen molar-refractivity contribution in [1.82, 2.24) is 4.90 Å². The van der Waals surface area contributed by atoms with E-state index in [2.05, 4.69) is 9.98 Å². The number of sulfone groups is 1. The zero-order valence-corrected chi connectivity index (χ0v) is 16.3. The number of fused-ring (bicyclic) bond motifs is 1. The molecule has 0 radical (unpaired) electrons. The van der Waals surface area contributed by atoms with Crippen LogP contribution in [0.1, 0.15) is 5.56 Å². The molecule has 4 rings (SSSR count). The van der Waals surface area contributed by atoms with Crippen molar-refractivity contribution >= 4 is 38.3 Å². The van der Waals surface area contributed by atoms with Crippen molar-refractivity contribution in [1.29, 1.82) is 0 Å². The third-order valence-corrected chi connectivity index (χ3v) is 6.53. The fraction of sp³-hybridized carbons (Fsp3) is 0.438. The Kier molecular flexibility index (Phi) is 4.59. The van der Waals surface area contributed by atoms with Crippen LogP contribution in [0.2, 0.25) is 0 Å². The Hall–Kier alpha value is -1.79. The summed E-state index contributed by atoms with van der Waals surface area (Å²) in [6.45, 7) is 2.53. The molecule has 144 valence electrons. The van der Waals surface area contributed by atoms with Crippen molar-refractivity contribution < 1.29 is 13.2 Å². The summed E-state index contributed by atoms with van der Waals surface area (Å²) in [5.74, 6) is 0.517. The van der Waals surface area contributed by atoms with E-state index in [4.69, 9.17) is 21.2 Å². The molecule has 1 aromatic carbocycles. The van der Waals surface area contributed by atoms with Crippen LogP contribution in [0, 0.1) is 0 Å². The number of nitrogens with two attached hydrogens (primary N) is 2. The first kappa shape index (κ1) is 18.6. The highest BCUT2D eigenvalue weighted by molar-refractivity contribution is 8.16. The number of rotatable bonds is 2. The molecule has 27 heavy (non-hydrogen) atoms. The SMILES string of the molecule is CS(=O)(=O)c1ccc(C2(N)N=C(N3CCOCC3)N=C3SC(N)N=C32)cc1. The third-order valence-electron chi connectivity index (χ3n) is 4.55. The van der Waals surface area contributed by atoms with Gasteiger partial charge in [-0.3, -0.25) is 10.7 Å². The minimum absolute atomic E-state index is 0.219. The summed E-state index contributed by atoms with van der Waals surface area (Å²) in [5, 5.41) is 0.647. The molecule has 0 aliphatic carbocycles. The topological polar surface area (TPSA) is 136 Å². The number of nitrogens with zero attached hydrogens (tertiary/aromatic N) is 4. The molecule has 0 spiro atoms. The molecule has 2 atom stereocenters. The zero-order chi connectivity index (χ0) is 19.2. The maximum atomic E-state index is 11.7. The molecule has 1 fully saturated rings. The molecule has 0 amide bonds. The van der Waals surface area contributed by atoms with Crippen LogP contribution in [0.3, 0.4) is 0 Å². The van der Waals surface area contributed by atoms with Crippen LogP contribution in [0.5, 0.6) is 0 Å². The van der Waals surface area contributed by atoms with E-state index in [-0.39, 0.29) is 4.90 Å². The summed E-state index contributed by atoms with van der Waals surface area (Å²) in [6.07, 6.45) is 1.16. The summed E-state index contributed by atoms with van der Waals surface area (Å²) in [5.41, 5.74) is 12.0. The molecule has 0 saturated carbocycles. The Morgan fingerprint density at radius 2 is 1.93 bits per heavy atom. The molecule has 9 nitrogen and oxygen atoms in total. The van der Waals surface area contributed by atoms with Gasteiger partial charge in [-0.15, -0.1) is 0 Å².